The van der Waals surface area contributed by atoms with E-state index in [0.29, 0.717) is 6.04 Å². The zero-order chi connectivity index (χ0) is 14.5. The number of methoxy groups -OCH3 is 2. The van der Waals surface area contributed by atoms with E-state index in [0.717, 1.165) is 11.5 Å². The van der Waals surface area contributed by atoms with Gasteiger partial charge in [-0.1, -0.05) is 12.1 Å². The SMILES string of the molecule is COc1ccc(C(C)N[C@@H](C)c2cccs2)cc1OC. The van der Waals surface area contributed by atoms with Gasteiger partial charge in [-0.2, -0.15) is 0 Å². The highest BCUT2D eigenvalue weighted by atomic mass is 32.1. The lowest BCUT2D eigenvalue weighted by molar-refractivity contribution is 0.353. The van der Waals surface area contributed by atoms with E-state index in [1.165, 1.54) is 10.4 Å². The van der Waals surface area contributed by atoms with Crippen LogP contribution in [-0.2, 0) is 0 Å². The third kappa shape index (κ3) is 3.32. The molecule has 2 rings (SSSR count). The van der Waals surface area contributed by atoms with E-state index in [2.05, 4.69) is 42.7 Å². The quantitative estimate of drug-likeness (QED) is 0.866. The van der Waals surface area contributed by atoms with Gasteiger partial charge in [0.15, 0.2) is 11.5 Å². The van der Waals surface area contributed by atoms with Gasteiger partial charge in [0.25, 0.3) is 0 Å². The molecule has 0 saturated carbocycles. The summed E-state index contributed by atoms with van der Waals surface area (Å²) in [5.41, 5.74) is 1.19. The van der Waals surface area contributed by atoms with Gasteiger partial charge in [-0.05, 0) is 43.0 Å². The molecule has 0 bridgehead atoms. The Balaban J connectivity index is 2.11. The zero-order valence-electron chi connectivity index (χ0n) is 12.3. The molecule has 0 aliphatic heterocycles. The number of ether oxygens (including phenoxy) is 2. The highest BCUT2D eigenvalue weighted by molar-refractivity contribution is 7.10. The van der Waals surface area contributed by atoms with Crippen molar-refractivity contribution in [2.75, 3.05) is 14.2 Å². The van der Waals surface area contributed by atoms with Gasteiger partial charge in [-0.15, -0.1) is 11.3 Å². The summed E-state index contributed by atoms with van der Waals surface area (Å²) in [6.07, 6.45) is 0. The molecule has 108 valence electrons. The Morgan fingerprint density at radius 3 is 2.35 bits per heavy atom. The van der Waals surface area contributed by atoms with E-state index in [-0.39, 0.29) is 6.04 Å². The number of rotatable bonds is 6. The molecular weight excluding hydrogens is 270 g/mol. The Morgan fingerprint density at radius 1 is 1.00 bits per heavy atom. The molecule has 1 N–H and O–H groups in total. The van der Waals surface area contributed by atoms with Gasteiger partial charge in [0.1, 0.15) is 0 Å². The lowest BCUT2D eigenvalue weighted by Gasteiger charge is -2.20. The van der Waals surface area contributed by atoms with E-state index >= 15 is 0 Å². The number of thiophene rings is 1. The summed E-state index contributed by atoms with van der Waals surface area (Å²) in [4.78, 5) is 1.34. The fourth-order valence-corrected chi connectivity index (χ4v) is 2.96. The summed E-state index contributed by atoms with van der Waals surface area (Å²) in [5, 5.41) is 5.71. The Hall–Kier alpha value is -1.52. The Bertz CT molecular complexity index is 539. The summed E-state index contributed by atoms with van der Waals surface area (Å²) < 4.78 is 10.6. The molecular formula is C16H21NO2S. The van der Waals surface area contributed by atoms with Crippen LogP contribution in [0, 0.1) is 0 Å². The molecule has 0 radical (unpaired) electrons. The van der Waals surface area contributed by atoms with Crippen LogP contribution in [0.4, 0.5) is 0 Å². The molecule has 1 aromatic carbocycles. The van der Waals surface area contributed by atoms with Gasteiger partial charge in [-0.3, -0.25) is 0 Å². The van der Waals surface area contributed by atoms with Crippen LogP contribution in [0.3, 0.4) is 0 Å². The number of hydrogen-bond donors (Lipinski definition) is 1. The molecule has 0 spiro atoms. The summed E-state index contributed by atoms with van der Waals surface area (Å²) in [7, 11) is 3.31. The van der Waals surface area contributed by atoms with E-state index in [1.54, 1.807) is 25.6 Å². The molecule has 3 nitrogen and oxygen atoms in total. The van der Waals surface area contributed by atoms with Crippen molar-refractivity contribution in [1.82, 2.24) is 5.32 Å². The summed E-state index contributed by atoms with van der Waals surface area (Å²) in [6.45, 7) is 4.34. The van der Waals surface area contributed by atoms with Crippen molar-refractivity contribution in [3.63, 3.8) is 0 Å². The fraction of sp³-hybridized carbons (Fsp3) is 0.375. The zero-order valence-corrected chi connectivity index (χ0v) is 13.2. The molecule has 2 atom stereocenters. The predicted octanol–water partition coefficient (Wildman–Crippen LogP) is 4.18. The summed E-state index contributed by atoms with van der Waals surface area (Å²) in [5.74, 6) is 1.53. The first-order valence-electron chi connectivity index (χ1n) is 6.67. The van der Waals surface area contributed by atoms with Crippen LogP contribution in [0.5, 0.6) is 11.5 Å². The molecule has 1 aromatic heterocycles. The molecule has 0 fully saturated rings. The predicted molar refractivity (Wildman–Crippen MR) is 83.8 cm³/mol. The molecule has 0 aliphatic carbocycles. The number of hydrogen-bond acceptors (Lipinski definition) is 4. The largest absolute Gasteiger partial charge is 0.493 e. The van der Waals surface area contributed by atoms with E-state index in [1.807, 2.05) is 12.1 Å². The molecule has 20 heavy (non-hydrogen) atoms. The van der Waals surface area contributed by atoms with Gasteiger partial charge >= 0.3 is 0 Å². The minimum atomic E-state index is 0.243. The van der Waals surface area contributed by atoms with Gasteiger partial charge < -0.3 is 14.8 Å². The molecule has 1 unspecified atom stereocenters. The van der Waals surface area contributed by atoms with Crippen LogP contribution in [0.1, 0.15) is 36.4 Å². The van der Waals surface area contributed by atoms with Crippen molar-refractivity contribution in [3.8, 4) is 11.5 Å². The standard InChI is InChI=1S/C16H21NO2S/c1-11(17-12(2)16-6-5-9-20-16)13-7-8-14(18-3)15(10-13)19-4/h5-12,17H,1-4H3/t11?,12-/m0/s1. The van der Waals surface area contributed by atoms with Crippen molar-refractivity contribution in [2.45, 2.75) is 25.9 Å². The molecule has 4 heteroatoms. The van der Waals surface area contributed by atoms with Crippen molar-refractivity contribution in [2.24, 2.45) is 0 Å². The molecule has 0 saturated heterocycles. The van der Waals surface area contributed by atoms with Gasteiger partial charge in [0.2, 0.25) is 0 Å². The van der Waals surface area contributed by atoms with Crippen molar-refractivity contribution < 1.29 is 9.47 Å². The highest BCUT2D eigenvalue weighted by Crippen LogP contribution is 2.31. The first-order chi connectivity index (χ1) is 9.65. The summed E-state index contributed by atoms with van der Waals surface area (Å²) >= 11 is 1.77. The minimum Gasteiger partial charge on any atom is -0.493 e. The first-order valence-corrected chi connectivity index (χ1v) is 7.55. The fourth-order valence-electron chi connectivity index (χ4n) is 2.21. The Kier molecular flexibility index (Phi) is 5.04. The number of benzene rings is 1. The van der Waals surface area contributed by atoms with Crippen LogP contribution in [0.15, 0.2) is 35.7 Å². The first kappa shape index (κ1) is 14.9. The third-order valence-corrected chi connectivity index (χ3v) is 4.43. The molecule has 2 aromatic rings. The average Bonchev–Trinajstić information content (AvgIpc) is 3.00. The van der Waals surface area contributed by atoms with Gasteiger partial charge in [-0.25, -0.2) is 0 Å². The van der Waals surface area contributed by atoms with E-state index in [4.69, 9.17) is 9.47 Å². The minimum absolute atomic E-state index is 0.243. The van der Waals surface area contributed by atoms with Gasteiger partial charge in [0.05, 0.1) is 14.2 Å². The highest BCUT2D eigenvalue weighted by Gasteiger charge is 2.14. The molecule has 0 aliphatic rings. The summed E-state index contributed by atoms with van der Waals surface area (Å²) in [6, 6.07) is 10.9. The number of nitrogens with one attached hydrogen (secondary N) is 1. The second-order valence-corrected chi connectivity index (χ2v) is 5.72. The molecule has 0 amide bonds. The maximum atomic E-state index is 5.35. The Morgan fingerprint density at radius 2 is 1.75 bits per heavy atom. The topological polar surface area (TPSA) is 30.5 Å². The van der Waals surface area contributed by atoms with Crippen LogP contribution >= 0.6 is 11.3 Å². The van der Waals surface area contributed by atoms with E-state index < -0.39 is 0 Å². The second kappa shape index (κ2) is 6.77. The average molecular weight is 291 g/mol. The van der Waals surface area contributed by atoms with Crippen LogP contribution in [0.25, 0.3) is 0 Å². The van der Waals surface area contributed by atoms with Crippen molar-refractivity contribution >= 4 is 11.3 Å². The third-order valence-electron chi connectivity index (χ3n) is 3.38. The van der Waals surface area contributed by atoms with Crippen molar-refractivity contribution in [3.05, 3.63) is 46.2 Å². The lowest BCUT2D eigenvalue weighted by Crippen LogP contribution is -2.21. The Labute approximate surface area is 124 Å². The van der Waals surface area contributed by atoms with Crippen molar-refractivity contribution in [1.29, 1.82) is 0 Å². The normalized spacial score (nSPS) is 13.8. The monoisotopic (exact) mass is 291 g/mol. The van der Waals surface area contributed by atoms with Crippen LogP contribution in [0.2, 0.25) is 0 Å². The second-order valence-electron chi connectivity index (χ2n) is 4.74. The lowest BCUT2D eigenvalue weighted by atomic mass is 10.1. The molecule has 1 heterocycles. The smallest absolute Gasteiger partial charge is 0.161 e. The van der Waals surface area contributed by atoms with Crippen LogP contribution < -0.4 is 14.8 Å². The maximum absolute atomic E-state index is 5.35. The van der Waals surface area contributed by atoms with Gasteiger partial charge in [0, 0.05) is 17.0 Å². The van der Waals surface area contributed by atoms with E-state index in [9.17, 15) is 0 Å². The maximum Gasteiger partial charge on any atom is 0.161 e. The van der Waals surface area contributed by atoms with Crippen LogP contribution in [-0.4, -0.2) is 14.2 Å².